The first-order valence-corrected chi connectivity index (χ1v) is 5.24. The summed E-state index contributed by atoms with van der Waals surface area (Å²) in [6.07, 6.45) is 1.93. The van der Waals surface area contributed by atoms with E-state index in [1.807, 2.05) is 6.92 Å². The first kappa shape index (κ1) is 11.5. The maximum atomic E-state index is 11.2. The number of carboxylic acids is 1. The van der Waals surface area contributed by atoms with Crippen LogP contribution in [0.2, 0.25) is 0 Å². The first-order valence-electron chi connectivity index (χ1n) is 4.81. The predicted octanol–water partition coefficient (Wildman–Crippen LogP) is 1.97. The van der Waals surface area contributed by atoms with Crippen LogP contribution in [0.5, 0.6) is 0 Å². The van der Waals surface area contributed by atoms with Gasteiger partial charge in [0.15, 0.2) is 0 Å². The van der Waals surface area contributed by atoms with Crippen molar-refractivity contribution in [2.24, 2.45) is 5.41 Å². The molecule has 14 heavy (non-hydrogen) atoms. The molecule has 1 heterocycles. The second-order valence-electron chi connectivity index (χ2n) is 3.97. The summed E-state index contributed by atoms with van der Waals surface area (Å²) in [4.78, 5) is 11.2. The minimum absolute atomic E-state index is 0.563. The van der Waals surface area contributed by atoms with Crippen molar-refractivity contribution in [1.82, 2.24) is 5.32 Å². The van der Waals surface area contributed by atoms with Gasteiger partial charge < -0.3 is 10.4 Å². The zero-order valence-electron chi connectivity index (χ0n) is 8.35. The number of nitrogens with one attached hydrogen (secondary N) is 1. The number of aliphatic carboxylic acids is 1. The van der Waals surface area contributed by atoms with E-state index in [0.717, 1.165) is 18.7 Å². The highest BCUT2D eigenvalue weighted by molar-refractivity contribution is 6.25. The van der Waals surface area contributed by atoms with Gasteiger partial charge in [0.1, 0.15) is 0 Å². The monoisotopic (exact) mass is 217 g/mol. The van der Waals surface area contributed by atoms with E-state index in [1.165, 1.54) is 5.54 Å². The third kappa shape index (κ3) is 2.49. The minimum Gasteiger partial charge on any atom is -0.481 e. The molecule has 1 aliphatic rings. The van der Waals surface area contributed by atoms with E-state index >= 15 is 0 Å². The highest BCUT2D eigenvalue weighted by atomic mass is 35.5. The summed E-state index contributed by atoms with van der Waals surface area (Å²) in [5.41, 5.74) is 1.82. The van der Waals surface area contributed by atoms with Crippen LogP contribution in [0.4, 0.5) is 0 Å². The molecule has 0 aromatic heterocycles. The molecule has 1 saturated heterocycles. The smallest absolute Gasteiger partial charge is 0.310 e. The molecule has 0 aliphatic carbocycles. The molecule has 0 aromatic carbocycles. The Hall–Kier alpha value is -0.540. The highest BCUT2D eigenvalue weighted by Gasteiger charge is 2.39. The largest absolute Gasteiger partial charge is 0.481 e. The molecule has 1 aliphatic heterocycles. The molecular formula is C10H16ClNO2. The maximum Gasteiger partial charge on any atom is 0.310 e. The Morgan fingerprint density at radius 3 is 2.57 bits per heavy atom. The Bertz CT molecular complexity index is 245. The Kier molecular flexibility index (Phi) is 3.96. The quantitative estimate of drug-likeness (QED) is 0.760. The van der Waals surface area contributed by atoms with Crippen molar-refractivity contribution in [3.63, 3.8) is 0 Å². The summed E-state index contributed by atoms with van der Waals surface area (Å²) in [7, 11) is 0. The van der Waals surface area contributed by atoms with Gasteiger partial charge in [-0.1, -0.05) is 17.2 Å². The van der Waals surface area contributed by atoms with E-state index in [0.29, 0.717) is 19.3 Å². The molecule has 2 N–H and O–H groups in total. The summed E-state index contributed by atoms with van der Waals surface area (Å²) in [6.45, 7) is 3.43. The molecule has 0 radical (unpaired) electrons. The molecule has 3 nitrogen and oxygen atoms in total. The number of halogens is 1. The van der Waals surface area contributed by atoms with Gasteiger partial charge in [0.25, 0.3) is 0 Å². The van der Waals surface area contributed by atoms with Crippen molar-refractivity contribution in [1.29, 1.82) is 0 Å². The standard InChI is InChI=1S/C10H16ClNO2/c1-8(7-11)6-10(9(13)14)2-4-12-5-3-10/h7,12H,2-6H2,1H3,(H,13,14)/b8-7+. The molecular weight excluding hydrogens is 202 g/mol. The van der Waals surface area contributed by atoms with Gasteiger partial charge in [0.05, 0.1) is 5.41 Å². The molecule has 4 heteroatoms. The zero-order valence-corrected chi connectivity index (χ0v) is 9.10. The van der Waals surface area contributed by atoms with Crippen LogP contribution in [0.15, 0.2) is 11.1 Å². The third-order valence-electron chi connectivity index (χ3n) is 2.82. The SMILES string of the molecule is C/C(=C\Cl)CC1(C(=O)O)CCNCC1. The molecule has 0 atom stereocenters. The topological polar surface area (TPSA) is 49.3 Å². The lowest BCUT2D eigenvalue weighted by molar-refractivity contribution is -0.150. The molecule has 0 amide bonds. The number of allylic oxidation sites excluding steroid dienone is 1. The fraction of sp³-hybridized carbons (Fsp3) is 0.700. The van der Waals surface area contributed by atoms with Crippen LogP contribution >= 0.6 is 11.6 Å². The highest BCUT2D eigenvalue weighted by Crippen LogP contribution is 2.35. The number of carboxylic acid groups (broad SMARTS) is 1. The number of hydrogen-bond acceptors (Lipinski definition) is 2. The Morgan fingerprint density at radius 1 is 1.57 bits per heavy atom. The minimum atomic E-state index is -0.697. The molecule has 1 rings (SSSR count). The first-order chi connectivity index (χ1) is 6.60. The van der Waals surface area contributed by atoms with E-state index in [1.54, 1.807) is 0 Å². The van der Waals surface area contributed by atoms with Gasteiger partial charge in [-0.05, 0) is 39.3 Å². The van der Waals surface area contributed by atoms with Gasteiger partial charge in [-0.2, -0.15) is 0 Å². The number of hydrogen-bond donors (Lipinski definition) is 2. The van der Waals surface area contributed by atoms with Crippen molar-refractivity contribution >= 4 is 17.6 Å². The van der Waals surface area contributed by atoms with Crippen LogP contribution in [-0.4, -0.2) is 24.2 Å². The van der Waals surface area contributed by atoms with E-state index in [4.69, 9.17) is 11.6 Å². The van der Waals surface area contributed by atoms with Gasteiger partial charge in [-0.3, -0.25) is 4.79 Å². The van der Waals surface area contributed by atoms with Gasteiger partial charge in [-0.25, -0.2) is 0 Å². The fourth-order valence-corrected chi connectivity index (χ4v) is 2.02. The van der Waals surface area contributed by atoms with E-state index < -0.39 is 11.4 Å². The van der Waals surface area contributed by atoms with Crippen LogP contribution in [0.1, 0.15) is 26.2 Å². The Balaban J connectivity index is 2.75. The molecule has 0 unspecified atom stereocenters. The lowest BCUT2D eigenvalue weighted by Gasteiger charge is -2.33. The second kappa shape index (κ2) is 4.80. The molecule has 0 spiro atoms. The lowest BCUT2D eigenvalue weighted by atomic mass is 9.74. The van der Waals surface area contributed by atoms with Crippen LogP contribution in [0, 0.1) is 5.41 Å². The Morgan fingerprint density at radius 2 is 2.14 bits per heavy atom. The normalized spacial score (nSPS) is 22.0. The van der Waals surface area contributed by atoms with Gasteiger partial charge in [0.2, 0.25) is 0 Å². The van der Waals surface area contributed by atoms with E-state index in [-0.39, 0.29) is 0 Å². The van der Waals surface area contributed by atoms with Crippen molar-refractivity contribution in [3.05, 3.63) is 11.1 Å². The molecule has 80 valence electrons. The van der Waals surface area contributed by atoms with Crippen molar-refractivity contribution in [3.8, 4) is 0 Å². The van der Waals surface area contributed by atoms with Crippen LogP contribution in [0.3, 0.4) is 0 Å². The number of rotatable bonds is 3. The van der Waals surface area contributed by atoms with Crippen molar-refractivity contribution < 1.29 is 9.90 Å². The van der Waals surface area contributed by atoms with Gasteiger partial charge >= 0.3 is 5.97 Å². The average molecular weight is 218 g/mol. The predicted molar refractivity (Wildman–Crippen MR) is 56.4 cm³/mol. The van der Waals surface area contributed by atoms with E-state index in [2.05, 4.69) is 5.32 Å². The molecule has 1 fully saturated rings. The van der Waals surface area contributed by atoms with Crippen molar-refractivity contribution in [2.45, 2.75) is 26.2 Å². The summed E-state index contributed by atoms with van der Waals surface area (Å²) in [6, 6.07) is 0. The average Bonchev–Trinajstić information content (AvgIpc) is 2.19. The van der Waals surface area contributed by atoms with Crippen LogP contribution < -0.4 is 5.32 Å². The maximum absolute atomic E-state index is 11.2. The third-order valence-corrected chi connectivity index (χ3v) is 3.19. The summed E-state index contributed by atoms with van der Waals surface area (Å²) < 4.78 is 0. The fourth-order valence-electron chi connectivity index (χ4n) is 1.94. The van der Waals surface area contributed by atoms with Gasteiger partial charge in [-0.15, -0.1) is 0 Å². The van der Waals surface area contributed by atoms with Crippen molar-refractivity contribution in [2.75, 3.05) is 13.1 Å². The summed E-state index contributed by atoms with van der Waals surface area (Å²) >= 11 is 5.57. The molecule has 0 saturated carbocycles. The summed E-state index contributed by atoms with van der Waals surface area (Å²) in [5, 5.41) is 12.4. The van der Waals surface area contributed by atoms with Crippen LogP contribution in [0.25, 0.3) is 0 Å². The molecule has 0 bridgehead atoms. The Labute approximate surface area is 89.1 Å². The number of piperidine rings is 1. The summed E-state index contributed by atoms with van der Waals surface area (Å²) in [5.74, 6) is -0.697. The van der Waals surface area contributed by atoms with Crippen LogP contribution in [-0.2, 0) is 4.79 Å². The lowest BCUT2D eigenvalue weighted by Crippen LogP contribution is -2.42. The van der Waals surface area contributed by atoms with E-state index in [9.17, 15) is 9.90 Å². The molecule has 0 aromatic rings. The zero-order chi connectivity index (χ0) is 10.6. The number of carbonyl (C=O) groups is 1. The second-order valence-corrected chi connectivity index (χ2v) is 4.19. The van der Waals surface area contributed by atoms with Gasteiger partial charge in [0, 0.05) is 5.54 Å².